The SMILES string of the molecule is Nc1cccc(C(=O)NC2CCC(n3cccc4ccnc3-4)CC2)n1. The highest BCUT2D eigenvalue weighted by atomic mass is 16.1. The molecule has 6 nitrogen and oxygen atoms in total. The van der Waals surface area contributed by atoms with Crippen LogP contribution in [-0.4, -0.2) is 26.5 Å². The highest BCUT2D eigenvalue weighted by Gasteiger charge is 2.25. The number of hydrogen-bond donors (Lipinski definition) is 2. The van der Waals surface area contributed by atoms with Gasteiger partial charge in [-0.3, -0.25) is 4.79 Å². The van der Waals surface area contributed by atoms with Crippen LogP contribution in [-0.2, 0) is 0 Å². The third-order valence-electron chi connectivity index (χ3n) is 4.90. The molecule has 1 aliphatic carbocycles. The van der Waals surface area contributed by atoms with Crippen LogP contribution >= 0.6 is 0 Å². The van der Waals surface area contributed by atoms with Gasteiger partial charge in [-0.25, -0.2) is 9.97 Å². The van der Waals surface area contributed by atoms with Crippen molar-refractivity contribution in [2.75, 3.05) is 5.73 Å². The summed E-state index contributed by atoms with van der Waals surface area (Å²) >= 11 is 0. The van der Waals surface area contributed by atoms with Crippen molar-refractivity contribution in [3.8, 4) is 11.4 Å². The largest absolute Gasteiger partial charge is 0.384 e. The number of nitrogen functional groups attached to an aromatic ring is 1. The number of fused-ring (bicyclic) bond motifs is 1. The summed E-state index contributed by atoms with van der Waals surface area (Å²) < 4.78 is 2.27. The predicted octanol–water partition coefficient (Wildman–Crippen LogP) is 2.88. The van der Waals surface area contributed by atoms with Crippen molar-refractivity contribution in [3.63, 3.8) is 0 Å². The second kappa shape index (κ2) is 6.55. The van der Waals surface area contributed by atoms with Crippen molar-refractivity contribution in [2.45, 2.75) is 37.8 Å². The number of anilines is 1. The van der Waals surface area contributed by atoms with Gasteiger partial charge >= 0.3 is 0 Å². The average molecular weight is 335 g/mol. The number of amides is 1. The first-order valence-electron chi connectivity index (χ1n) is 8.65. The Labute approximate surface area is 146 Å². The number of nitrogens with zero attached hydrogens (tertiary/aromatic N) is 3. The Morgan fingerprint density at radius 2 is 1.96 bits per heavy atom. The van der Waals surface area contributed by atoms with Crippen LogP contribution in [0.3, 0.4) is 0 Å². The van der Waals surface area contributed by atoms with Gasteiger partial charge in [0.1, 0.15) is 17.3 Å². The molecule has 0 spiro atoms. The van der Waals surface area contributed by atoms with E-state index in [9.17, 15) is 4.79 Å². The second-order valence-corrected chi connectivity index (χ2v) is 6.57. The summed E-state index contributed by atoms with van der Waals surface area (Å²) in [6, 6.07) is 11.9. The van der Waals surface area contributed by atoms with Gasteiger partial charge in [0.15, 0.2) is 0 Å². The Morgan fingerprint density at radius 1 is 1.12 bits per heavy atom. The van der Waals surface area contributed by atoms with Crippen molar-refractivity contribution in [3.05, 3.63) is 54.5 Å². The fraction of sp³-hybridized carbons (Fsp3) is 0.316. The molecule has 0 atom stereocenters. The molecule has 1 aromatic rings. The predicted molar refractivity (Wildman–Crippen MR) is 96.3 cm³/mol. The van der Waals surface area contributed by atoms with Gasteiger partial charge in [0.05, 0.1) is 0 Å². The van der Waals surface area contributed by atoms with Crippen LogP contribution in [0.4, 0.5) is 5.82 Å². The molecule has 128 valence electrons. The Kier molecular flexibility index (Phi) is 4.09. The first-order valence-corrected chi connectivity index (χ1v) is 8.65. The molecule has 3 N–H and O–H groups in total. The fourth-order valence-corrected chi connectivity index (χ4v) is 3.62. The van der Waals surface area contributed by atoms with E-state index in [1.165, 1.54) is 5.56 Å². The number of hydrogen-bond acceptors (Lipinski definition) is 4. The van der Waals surface area contributed by atoms with Crippen molar-refractivity contribution in [1.82, 2.24) is 19.9 Å². The minimum absolute atomic E-state index is 0.150. The van der Waals surface area contributed by atoms with E-state index in [2.05, 4.69) is 38.2 Å². The first-order chi connectivity index (χ1) is 12.2. The lowest BCUT2D eigenvalue weighted by atomic mass is 9.90. The van der Waals surface area contributed by atoms with E-state index in [4.69, 9.17) is 5.73 Å². The molecule has 0 bridgehead atoms. The number of nitrogens with two attached hydrogens (primary N) is 1. The van der Waals surface area contributed by atoms with Gasteiger partial charge in [0, 0.05) is 30.0 Å². The van der Waals surface area contributed by atoms with Gasteiger partial charge in [-0.05, 0) is 56.0 Å². The van der Waals surface area contributed by atoms with Gasteiger partial charge in [-0.15, -0.1) is 0 Å². The first kappa shape index (κ1) is 15.6. The van der Waals surface area contributed by atoms with Crippen LogP contribution in [0, 0.1) is 0 Å². The number of rotatable bonds is 3. The second-order valence-electron chi connectivity index (χ2n) is 6.57. The van der Waals surface area contributed by atoms with Gasteiger partial charge in [-0.1, -0.05) is 6.07 Å². The zero-order valence-corrected chi connectivity index (χ0v) is 13.9. The van der Waals surface area contributed by atoms with Crippen LogP contribution < -0.4 is 11.1 Å². The average Bonchev–Trinajstić information content (AvgIpc) is 3.11. The molecule has 1 saturated carbocycles. The van der Waals surface area contributed by atoms with Gasteiger partial charge < -0.3 is 15.6 Å². The van der Waals surface area contributed by atoms with E-state index in [0.717, 1.165) is 31.5 Å². The van der Waals surface area contributed by atoms with Crippen LogP contribution in [0.5, 0.6) is 0 Å². The molecule has 4 rings (SSSR count). The van der Waals surface area contributed by atoms with Crippen molar-refractivity contribution >= 4 is 11.7 Å². The maximum atomic E-state index is 12.3. The number of carbonyl (C=O) groups excluding carboxylic acids is 1. The van der Waals surface area contributed by atoms with E-state index in [-0.39, 0.29) is 11.9 Å². The minimum atomic E-state index is -0.150. The standard InChI is InChI=1S/C19H21N5O/c20-17-5-1-4-16(23-17)19(25)22-14-6-8-15(9-7-14)24-12-2-3-13-10-11-21-18(13)24/h1-5,10-12,14-15H,6-9H2,(H2,20,23)(H,22,25). The highest BCUT2D eigenvalue weighted by Crippen LogP contribution is 2.32. The monoisotopic (exact) mass is 335 g/mol. The van der Waals surface area contributed by atoms with E-state index in [0.29, 0.717) is 17.6 Å². The molecule has 1 amide bonds. The zero-order valence-electron chi connectivity index (χ0n) is 13.9. The summed E-state index contributed by atoms with van der Waals surface area (Å²) in [7, 11) is 0. The maximum Gasteiger partial charge on any atom is 0.270 e. The van der Waals surface area contributed by atoms with E-state index >= 15 is 0 Å². The third-order valence-corrected chi connectivity index (χ3v) is 4.90. The molecule has 2 aliphatic heterocycles. The smallest absolute Gasteiger partial charge is 0.270 e. The molecule has 6 heteroatoms. The molecule has 0 saturated heterocycles. The topological polar surface area (TPSA) is 85.8 Å². The molecule has 1 aromatic heterocycles. The summed E-state index contributed by atoms with van der Waals surface area (Å²) in [5, 5.41) is 3.08. The summed E-state index contributed by atoms with van der Waals surface area (Å²) in [5.74, 6) is 1.25. The molecule has 3 aliphatic rings. The Hall–Kier alpha value is -2.89. The molecule has 1 fully saturated rings. The zero-order chi connectivity index (χ0) is 17.2. The molecule has 3 heterocycles. The molecule has 25 heavy (non-hydrogen) atoms. The summed E-state index contributed by atoms with van der Waals surface area (Å²) in [6.07, 6.45) is 7.89. The number of aromatic nitrogens is 3. The van der Waals surface area contributed by atoms with E-state index in [1.807, 2.05) is 12.3 Å². The van der Waals surface area contributed by atoms with E-state index < -0.39 is 0 Å². The summed E-state index contributed by atoms with van der Waals surface area (Å²) in [4.78, 5) is 20.9. The lowest BCUT2D eigenvalue weighted by molar-refractivity contribution is 0.0917. The third kappa shape index (κ3) is 3.20. The van der Waals surface area contributed by atoms with Gasteiger partial charge in [0.2, 0.25) is 0 Å². The lowest BCUT2D eigenvalue weighted by Gasteiger charge is -2.31. The normalized spacial score (nSPS) is 20.5. The number of pyridine rings is 2. The van der Waals surface area contributed by atoms with E-state index in [1.54, 1.807) is 18.2 Å². The highest BCUT2D eigenvalue weighted by molar-refractivity contribution is 5.92. The Balaban J connectivity index is 1.39. The van der Waals surface area contributed by atoms with Gasteiger partial charge in [0.25, 0.3) is 5.91 Å². The fourth-order valence-electron chi connectivity index (χ4n) is 3.62. The van der Waals surface area contributed by atoms with Crippen molar-refractivity contribution in [1.29, 1.82) is 0 Å². The molecule has 0 radical (unpaired) electrons. The Morgan fingerprint density at radius 3 is 2.76 bits per heavy atom. The molecular weight excluding hydrogens is 314 g/mol. The summed E-state index contributed by atoms with van der Waals surface area (Å²) in [6.45, 7) is 0. The quantitative estimate of drug-likeness (QED) is 0.770. The number of nitrogens with one attached hydrogen (secondary N) is 1. The lowest BCUT2D eigenvalue weighted by Crippen LogP contribution is -2.38. The van der Waals surface area contributed by atoms with Crippen LogP contribution in [0.25, 0.3) is 11.4 Å². The maximum absolute atomic E-state index is 12.3. The van der Waals surface area contributed by atoms with Crippen molar-refractivity contribution in [2.24, 2.45) is 0 Å². The summed E-state index contributed by atoms with van der Waals surface area (Å²) in [5.41, 5.74) is 7.20. The number of carbonyl (C=O) groups is 1. The molecule has 0 aromatic carbocycles. The van der Waals surface area contributed by atoms with Crippen LogP contribution in [0.2, 0.25) is 0 Å². The van der Waals surface area contributed by atoms with Crippen LogP contribution in [0.15, 0.2) is 48.8 Å². The van der Waals surface area contributed by atoms with Crippen LogP contribution in [0.1, 0.15) is 42.2 Å². The molecule has 0 unspecified atom stereocenters. The van der Waals surface area contributed by atoms with Crippen molar-refractivity contribution < 1.29 is 4.79 Å². The van der Waals surface area contributed by atoms with Gasteiger partial charge in [-0.2, -0.15) is 0 Å². The Bertz CT molecular complexity index is 850. The minimum Gasteiger partial charge on any atom is -0.384 e. The molecular formula is C19H21N5O.